The van der Waals surface area contributed by atoms with Crippen molar-refractivity contribution < 1.29 is 0 Å². The molecule has 0 amide bonds. The van der Waals surface area contributed by atoms with Crippen LogP contribution in [0.2, 0.25) is 0 Å². The normalized spacial score (nSPS) is 10.1. The number of hydrogen-bond donors (Lipinski definition) is 0. The second-order valence-electron chi connectivity index (χ2n) is 4.27. The van der Waals surface area contributed by atoms with Gasteiger partial charge in [-0.25, -0.2) is 0 Å². The SMILES string of the molecule is CCC(CC)=C(c1ccccc1)c1ccccn1. The zero-order valence-electron chi connectivity index (χ0n) is 11.1. The molecule has 0 radical (unpaired) electrons. The second kappa shape index (κ2) is 6.15. The average Bonchev–Trinajstić information content (AvgIpc) is 2.46. The summed E-state index contributed by atoms with van der Waals surface area (Å²) in [7, 11) is 0. The topological polar surface area (TPSA) is 12.9 Å². The smallest absolute Gasteiger partial charge is 0.0707 e. The van der Waals surface area contributed by atoms with E-state index in [1.54, 1.807) is 0 Å². The molecular formula is C17H19N. The van der Waals surface area contributed by atoms with Crippen LogP contribution in [0, 0.1) is 0 Å². The molecule has 1 aromatic heterocycles. The average molecular weight is 237 g/mol. The molecule has 0 aliphatic carbocycles. The summed E-state index contributed by atoms with van der Waals surface area (Å²) in [5.41, 5.74) is 5.08. The molecule has 1 aromatic carbocycles. The molecule has 0 aliphatic heterocycles. The van der Waals surface area contributed by atoms with Gasteiger partial charge in [0.05, 0.1) is 5.69 Å². The van der Waals surface area contributed by atoms with Gasteiger partial charge >= 0.3 is 0 Å². The Morgan fingerprint density at radius 2 is 1.56 bits per heavy atom. The maximum atomic E-state index is 4.51. The lowest BCUT2D eigenvalue weighted by atomic mass is 9.93. The van der Waals surface area contributed by atoms with Crippen molar-refractivity contribution in [3.63, 3.8) is 0 Å². The van der Waals surface area contributed by atoms with E-state index in [0.29, 0.717) is 0 Å². The number of allylic oxidation sites excluding steroid dienone is 1. The number of rotatable bonds is 4. The van der Waals surface area contributed by atoms with Crippen molar-refractivity contribution in [2.45, 2.75) is 26.7 Å². The third-order valence-electron chi connectivity index (χ3n) is 3.19. The molecule has 0 atom stereocenters. The molecule has 0 saturated heterocycles. The van der Waals surface area contributed by atoms with Crippen LogP contribution in [0.15, 0.2) is 60.3 Å². The summed E-state index contributed by atoms with van der Waals surface area (Å²) in [6, 6.07) is 16.6. The fourth-order valence-electron chi connectivity index (χ4n) is 2.25. The van der Waals surface area contributed by atoms with Crippen LogP contribution in [0.4, 0.5) is 0 Å². The van der Waals surface area contributed by atoms with Gasteiger partial charge in [0.15, 0.2) is 0 Å². The van der Waals surface area contributed by atoms with Gasteiger partial charge in [-0.3, -0.25) is 4.98 Å². The molecule has 0 saturated carbocycles. The molecule has 0 aliphatic rings. The molecule has 0 spiro atoms. The maximum Gasteiger partial charge on any atom is 0.0707 e. The van der Waals surface area contributed by atoms with Gasteiger partial charge in [0, 0.05) is 11.8 Å². The maximum absolute atomic E-state index is 4.51. The fourth-order valence-corrected chi connectivity index (χ4v) is 2.25. The van der Waals surface area contributed by atoms with E-state index in [-0.39, 0.29) is 0 Å². The minimum atomic E-state index is 1.07. The Labute approximate surface area is 109 Å². The summed E-state index contributed by atoms with van der Waals surface area (Å²) in [5.74, 6) is 0. The zero-order valence-corrected chi connectivity index (χ0v) is 11.1. The summed E-state index contributed by atoms with van der Waals surface area (Å²) in [5, 5.41) is 0. The first-order valence-corrected chi connectivity index (χ1v) is 6.55. The van der Waals surface area contributed by atoms with Crippen molar-refractivity contribution in [1.29, 1.82) is 0 Å². The van der Waals surface area contributed by atoms with Crippen LogP contribution in [0.1, 0.15) is 37.9 Å². The van der Waals surface area contributed by atoms with Crippen LogP contribution in [-0.4, -0.2) is 4.98 Å². The minimum Gasteiger partial charge on any atom is -0.256 e. The highest BCUT2D eigenvalue weighted by Crippen LogP contribution is 2.28. The monoisotopic (exact) mass is 237 g/mol. The Hall–Kier alpha value is -1.89. The van der Waals surface area contributed by atoms with Crippen LogP contribution in [0.3, 0.4) is 0 Å². The van der Waals surface area contributed by atoms with Crippen LogP contribution in [-0.2, 0) is 0 Å². The van der Waals surface area contributed by atoms with Crippen molar-refractivity contribution in [3.8, 4) is 0 Å². The summed E-state index contributed by atoms with van der Waals surface area (Å²) >= 11 is 0. The first kappa shape index (κ1) is 12.6. The summed E-state index contributed by atoms with van der Waals surface area (Å²) < 4.78 is 0. The van der Waals surface area contributed by atoms with Gasteiger partial charge in [0.1, 0.15) is 0 Å². The molecule has 0 fully saturated rings. The van der Waals surface area contributed by atoms with Crippen molar-refractivity contribution >= 4 is 5.57 Å². The molecule has 0 unspecified atom stereocenters. The van der Waals surface area contributed by atoms with Gasteiger partial charge in [0.25, 0.3) is 0 Å². The Morgan fingerprint density at radius 3 is 2.11 bits per heavy atom. The van der Waals surface area contributed by atoms with E-state index in [2.05, 4.69) is 55.2 Å². The first-order valence-electron chi connectivity index (χ1n) is 6.55. The highest BCUT2D eigenvalue weighted by atomic mass is 14.7. The van der Waals surface area contributed by atoms with E-state index in [1.165, 1.54) is 16.7 Å². The van der Waals surface area contributed by atoms with Crippen molar-refractivity contribution in [3.05, 3.63) is 71.6 Å². The Morgan fingerprint density at radius 1 is 0.889 bits per heavy atom. The third-order valence-corrected chi connectivity index (χ3v) is 3.19. The molecular weight excluding hydrogens is 218 g/mol. The van der Waals surface area contributed by atoms with Gasteiger partial charge in [-0.05, 0) is 30.5 Å². The number of nitrogens with zero attached hydrogens (tertiary/aromatic N) is 1. The summed E-state index contributed by atoms with van der Waals surface area (Å²) in [4.78, 5) is 4.51. The quantitative estimate of drug-likeness (QED) is 0.750. The van der Waals surface area contributed by atoms with Crippen LogP contribution < -0.4 is 0 Å². The van der Waals surface area contributed by atoms with Gasteiger partial charge in [-0.15, -0.1) is 0 Å². The lowest BCUT2D eigenvalue weighted by Gasteiger charge is -2.13. The minimum absolute atomic E-state index is 1.07. The van der Waals surface area contributed by atoms with Gasteiger partial charge in [-0.2, -0.15) is 0 Å². The van der Waals surface area contributed by atoms with E-state index in [4.69, 9.17) is 0 Å². The standard InChI is InChI=1S/C17H19N/c1-3-14(4-2)17(15-10-6-5-7-11-15)16-12-8-9-13-18-16/h5-13H,3-4H2,1-2H3. The summed E-state index contributed by atoms with van der Waals surface area (Å²) in [6.07, 6.45) is 4.00. The lowest BCUT2D eigenvalue weighted by Crippen LogP contribution is -1.96. The highest BCUT2D eigenvalue weighted by molar-refractivity contribution is 5.80. The Balaban J connectivity index is 2.59. The number of benzene rings is 1. The van der Waals surface area contributed by atoms with Crippen LogP contribution in [0.5, 0.6) is 0 Å². The molecule has 18 heavy (non-hydrogen) atoms. The number of pyridine rings is 1. The fraction of sp³-hybridized carbons (Fsp3) is 0.235. The van der Waals surface area contributed by atoms with Gasteiger partial charge in [-0.1, -0.05) is 55.8 Å². The van der Waals surface area contributed by atoms with Gasteiger partial charge in [0.2, 0.25) is 0 Å². The Kier molecular flexibility index (Phi) is 4.30. The van der Waals surface area contributed by atoms with Crippen molar-refractivity contribution in [2.24, 2.45) is 0 Å². The van der Waals surface area contributed by atoms with E-state index < -0.39 is 0 Å². The molecule has 1 heterocycles. The van der Waals surface area contributed by atoms with E-state index >= 15 is 0 Å². The third kappa shape index (κ3) is 2.67. The highest BCUT2D eigenvalue weighted by Gasteiger charge is 2.10. The largest absolute Gasteiger partial charge is 0.256 e. The molecule has 0 bridgehead atoms. The van der Waals surface area contributed by atoms with Crippen LogP contribution in [0.25, 0.3) is 5.57 Å². The number of aromatic nitrogens is 1. The van der Waals surface area contributed by atoms with Crippen LogP contribution >= 0.6 is 0 Å². The van der Waals surface area contributed by atoms with Crippen molar-refractivity contribution in [1.82, 2.24) is 4.98 Å². The van der Waals surface area contributed by atoms with E-state index in [0.717, 1.165) is 18.5 Å². The summed E-state index contributed by atoms with van der Waals surface area (Å²) in [6.45, 7) is 4.43. The number of hydrogen-bond acceptors (Lipinski definition) is 1. The zero-order chi connectivity index (χ0) is 12.8. The van der Waals surface area contributed by atoms with E-state index in [9.17, 15) is 0 Å². The first-order chi connectivity index (χ1) is 8.86. The van der Waals surface area contributed by atoms with Gasteiger partial charge < -0.3 is 0 Å². The predicted octanol–water partition coefficient (Wildman–Crippen LogP) is 4.70. The molecule has 1 heteroatoms. The molecule has 1 nitrogen and oxygen atoms in total. The molecule has 2 rings (SSSR count). The Bertz CT molecular complexity index is 464. The molecule has 92 valence electrons. The second-order valence-corrected chi connectivity index (χ2v) is 4.27. The molecule has 0 N–H and O–H groups in total. The van der Waals surface area contributed by atoms with E-state index in [1.807, 2.05) is 18.3 Å². The van der Waals surface area contributed by atoms with Crippen molar-refractivity contribution in [2.75, 3.05) is 0 Å². The lowest BCUT2D eigenvalue weighted by molar-refractivity contribution is 0.978. The predicted molar refractivity (Wildman–Crippen MR) is 77.3 cm³/mol. The molecule has 2 aromatic rings.